The Hall–Kier alpha value is -0.610. The highest BCUT2D eigenvalue weighted by Crippen LogP contribution is 2.28. The minimum absolute atomic E-state index is 0.181. The lowest BCUT2D eigenvalue weighted by Gasteiger charge is -2.39. The molecule has 0 aromatic rings. The Labute approximate surface area is 128 Å². The van der Waals surface area contributed by atoms with Crippen molar-refractivity contribution in [3.8, 4) is 0 Å². The topological polar surface area (TPSA) is 52.6 Å². The molecule has 0 amide bonds. The normalized spacial score (nSPS) is 32.8. The molecule has 3 rings (SSSR count). The zero-order valence-electron chi connectivity index (χ0n) is 13.1. The lowest BCUT2D eigenvalue weighted by molar-refractivity contribution is -0.144. The van der Waals surface area contributed by atoms with E-state index in [1.807, 2.05) is 0 Å². The summed E-state index contributed by atoms with van der Waals surface area (Å²) in [6.45, 7) is 2.93. The minimum Gasteiger partial charge on any atom is -0.481 e. The van der Waals surface area contributed by atoms with Gasteiger partial charge in [0.15, 0.2) is 0 Å². The van der Waals surface area contributed by atoms with Crippen molar-refractivity contribution < 1.29 is 9.90 Å². The van der Waals surface area contributed by atoms with Crippen LogP contribution in [-0.2, 0) is 4.79 Å². The largest absolute Gasteiger partial charge is 0.481 e. The predicted octanol–water partition coefficient (Wildman–Crippen LogP) is 2.48. The van der Waals surface area contributed by atoms with Crippen molar-refractivity contribution in [3.63, 3.8) is 0 Å². The van der Waals surface area contributed by atoms with Gasteiger partial charge in [-0.05, 0) is 38.0 Å². The van der Waals surface area contributed by atoms with Crippen molar-refractivity contribution in [2.24, 2.45) is 11.8 Å². The fourth-order valence-electron chi connectivity index (χ4n) is 4.62. The van der Waals surface area contributed by atoms with Gasteiger partial charge in [-0.25, -0.2) is 0 Å². The van der Waals surface area contributed by atoms with Crippen molar-refractivity contribution >= 4 is 5.97 Å². The van der Waals surface area contributed by atoms with Crippen molar-refractivity contribution in [2.75, 3.05) is 19.6 Å². The summed E-state index contributed by atoms with van der Waals surface area (Å²) in [4.78, 5) is 13.9. The van der Waals surface area contributed by atoms with Gasteiger partial charge in [-0.1, -0.05) is 25.7 Å². The highest BCUT2D eigenvalue weighted by molar-refractivity contribution is 5.70. The van der Waals surface area contributed by atoms with Gasteiger partial charge < -0.3 is 15.3 Å². The lowest BCUT2D eigenvalue weighted by Crippen LogP contribution is -2.53. The second-order valence-corrected chi connectivity index (χ2v) is 7.48. The van der Waals surface area contributed by atoms with Crippen LogP contribution < -0.4 is 5.32 Å². The van der Waals surface area contributed by atoms with E-state index in [9.17, 15) is 9.90 Å². The number of piperidine rings is 1. The molecule has 1 saturated heterocycles. The predicted molar refractivity (Wildman–Crippen MR) is 83.3 cm³/mol. The van der Waals surface area contributed by atoms with Crippen molar-refractivity contribution in [3.05, 3.63) is 0 Å². The van der Waals surface area contributed by atoms with Gasteiger partial charge in [-0.15, -0.1) is 0 Å². The van der Waals surface area contributed by atoms with Gasteiger partial charge in [0.05, 0.1) is 5.92 Å². The molecule has 4 heteroatoms. The number of hydrogen-bond donors (Lipinski definition) is 2. The number of carboxylic acids is 1. The standard InChI is InChI=1S/C17H30N2O2/c20-17(21)14-9-16(18-15-7-3-4-8-15)12-19(11-14)10-13-5-1-2-6-13/h13-16,18H,1-12H2,(H,20,21). The number of nitrogens with one attached hydrogen (secondary N) is 1. The molecule has 2 N–H and O–H groups in total. The Kier molecular flexibility index (Phi) is 5.17. The Morgan fingerprint density at radius 2 is 1.67 bits per heavy atom. The zero-order valence-corrected chi connectivity index (χ0v) is 13.1. The second kappa shape index (κ2) is 7.10. The molecule has 21 heavy (non-hydrogen) atoms. The van der Waals surface area contributed by atoms with Crippen molar-refractivity contribution in [1.29, 1.82) is 0 Å². The fourth-order valence-corrected chi connectivity index (χ4v) is 4.62. The minimum atomic E-state index is -0.607. The van der Waals surface area contributed by atoms with Crippen LogP contribution in [0.15, 0.2) is 0 Å². The van der Waals surface area contributed by atoms with Crippen LogP contribution >= 0.6 is 0 Å². The summed E-state index contributed by atoms with van der Waals surface area (Å²) in [5.41, 5.74) is 0. The molecular formula is C17H30N2O2. The molecule has 2 aliphatic carbocycles. The summed E-state index contributed by atoms with van der Waals surface area (Å²) in [5.74, 6) is 0.0214. The number of rotatable bonds is 5. The maximum Gasteiger partial charge on any atom is 0.307 e. The van der Waals surface area contributed by atoms with E-state index in [1.165, 1.54) is 51.4 Å². The van der Waals surface area contributed by atoms with Gasteiger partial charge in [-0.3, -0.25) is 4.79 Å². The molecule has 3 aliphatic rings. The zero-order chi connectivity index (χ0) is 14.7. The number of likely N-dealkylation sites (tertiary alicyclic amines) is 1. The average molecular weight is 294 g/mol. The molecule has 1 aliphatic heterocycles. The third-order valence-corrected chi connectivity index (χ3v) is 5.69. The second-order valence-electron chi connectivity index (χ2n) is 7.48. The third kappa shape index (κ3) is 4.19. The monoisotopic (exact) mass is 294 g/mol. The highest BCUT2D eigenvalue weighted by atomic mass is 16.4. The first-order valence-corrected chi connectivity index (χ1v) is 8.92. The summed E-state index contributed by atoms with van der Waals surface area (Å²) < 4.78 is 0. The van der Waals surface area contributed by atoms with Crippen molar-refractivity contribution in [1.82, 2.24) is 10.2 Å². The summed E-state index contributed by atoms with van der Waals surface area (Å²) in [5, 5.41) is 13.2. The summed E-state index contributed by atoms with van der Waals surface area (Å²) in [7, 11) is 0. The van der Waals surface area contributed by atoms with Crippen LogP contribution in [0.4, 0.5) is 0 Å². The molecule has 2 saturated carbocycles. The molecule has 1 heterocycles. The maximum atomic E-state index is 11.5. The van der Waals surface area contributed by atoms with Crippen LogP contribution in [0.1, 0.15) is 57.8 Å². The van der Waals surface area contributed by atoms with E-state index in [1.54, 1.807) is 0 Å². The Morgan fingerprint density at radius 1 is 1.00 bits per heavy atom. The molecule has 3 fully saturated rings. The molecule has 2 atom stereocenters. The molecule has 0 aromatic carbocycles. The quantitative estimate of drug-likeness (QED) is 0.818. The van der Waals surface area contributed by atoms with E-state index in [0.717, 1.165) is 32.0 Å². The Balaban J connectivity index is 1.55. The first-order chi connectivity index (χ1) is 10.2. The molecule has 0 bridgehead atoms. The van der Waals surface area contributed by atoms with Gasteiger partial charge in [0.2, 0.25) is 0 Å². The molecule has 120 valence electrons. The molecule has 0 aromatic heterocycles. The summed E-state index contributed by atoms with van der Waals surface area (Å²) in [6.07, 6.45) is 11.4. The SMILES string of the molecule is O=C(O)C1CC(NC2CCCC2)CN(CC2CCCC2)C1. The van der Waals surface area contributed by atoms with Gasteiger partial charge in [-0.2, -0.15) is 0 Å². The van der Waals surface area contributed by atoms with E-state index >= 15 is 0 Å². The number of aliphatic carboxylic acids is 1. The van der Waals surface area contributed by atoms with Crippen LogP contribution in [-0.4, -0.2) is 47.7 Å². The Bertz CT molecular complexity index is 323. The van der Waals surface area contributed by atoms with Crippen LogP contribution in [0, 0.1) is 11.8 Å². The van der Waals surface area contributed by atoms with Crippen LogP contribution in [0.2, 0.25) is 0 Å². The highest BCUT2D eigenvalue weighted by Gasteiger charge is 2.34. The lowest BCUT2D eigenvalue weighted by atomic mass is 9.92. The fraction of sp³-hybridized carbons (Fsp3) is 0.941. The summed E-state index contributed by atoms with van der Waals surface area (Å²) >= 11 is 0. The van der Waals surface area contributed by atoms with Gasteiger partial charge in [0.1, 0.15) is 0 Å². The molecule has 0 radical (unpaired) electrons. The van der Waals surface area contributed by atoms with Gasteiger partial charge in [0.25, 0.3) is 0 Å². The van der Waals surface area contributed by atoms with E-state index in [-0.39, 0.29) is 5.92 Å². The number of nitrogens with zero attached hydrogens (tertiary/aromatic N) is 1. The Morgan fingerprint density at radius 3 is 2.33 bits per heavy atom. The summed E-state index contributed by atoms with van der Waals surface area (Å²) in [6, 6.07) is 1.01. The van der Waals surface area contributed by atoms with Crippen molar-refractivity contribution in [2.45, 2.75) is 69.9 Å². The molecule has 4 nitrogen and oxygen atoms in total. The van der Waals surface area contributed by atoms with E-state index < -0.39 is 5.97 Å². The van der Waals surface area contributed by atoms with E-state index in [2.05, 4.69) is 10.2 Å². The van der Waals surface area contributed by atoms with E-state index in [4.69, 9.17) is 0 Å². The van der Waals surface area contributed by atoms with Crippen LogP contribution in [0.25, 0.3) is 0 Å². The van der Waals surface area contributed by atoms with Crippen LogP contribution in [0.3, 0.4) is 0 Å². The maximum absolute atomic E-state index is 11.5. The number of carbonyl (C=O) groups is 1. The smallest absolute Gasteiger partial charge is 0.307 e. The molecule has 0 spiro atoms. The molecular weight excluding hydrogens is 264 g/mol. The first kappa shape index (κ1) is 15.3. The number of hydrogen-bond acceptors (Lipinski definition) is 3. The molecule has 2 unspecified atom stereocenters. The third-order valence-electron chi connectivity index (χ3n) is 5.69. The average Bonchev–Trinajstić information content (AvgIpc) is 3.12. The van der Waals surface area contributed by atoms with Gasteiger partial charge >= 0.3 is 5.97 Å². The van der Waals surface area contributed by atoms with Gasteiger partial charge in [0, 0.05) is 31.7 Å². The number of carboxylic acid groups (broad SMARTS) is 1. The first-order valence-electron chi connectivity index (χ1n) is 8.92. The van der Waals surface area contributed by atoms with E-state index in [0.29, 0.717) is 12.1 Å². The van der Waals surface area contributed by atoms with Crippen LogP contribution in [0.5, 0.6) is 0 Å².